The molecule has 2 fully saturated rings. The molecule has 0 radical (unpaired) electrons. The van der Waals surface area contributed by atoms with Crippen LogP contribution in [0.2, 0.25) is 10.0 Å². The van der Waals surface area contributed by atoms with Gasteiger partial charge in [0.1, 0.15) is 5.75 Å². The molecule has 2 N–H and O–H groups in total. The van der Waals surface area contributed by atoms with Gasteiger partial charge in [-0.25, -0.2) is 0 Å². The molecule has 0 aromatic heterocycles. The number of methoxy groups -OCH3 is 1. The zero-order valence-corrected chi connectivity index (χ0v) is 19.5. The van der Waals surface area contributed by atoms with Gasteiger partial charge in [-0.1, -0.05) is 35.3 Å². The molecule has 2 heterocycles. The SMILES string of the molecule is COc1ccc(Cl)cc1C(=O)NCC(=O)NC1C[C@H]2CC[C@@H](C1)N2Cc1ccc(Cl)cc1. The minimum Gasteiger partial charge on any atom is -0.496 e. The molecule has 4 rings (SSSR count). The van der Waals surface area contributed by atoms with E-state index < -0.39 is 5.91 Å². The quantitative estimate of drug-likeness (QED) is 0.633. The van der Waals surface area contributed by atoms with Crippen molar-refractivity contribution in [3.63, 3.8) is 0 Å². The van der Waals surface area contributed by atoms with E-state index >= 15 is 0 Å². The summed E-state index contributed by atoms with van der Waals surface area (Å²) >= 11 is 12.0. The molecular weight excluding hydrogens is 449 g/mol. The number of amides is 2. The smallest absolute Gasteiger partial charge is 0.255 e. The Balaban J connectivity index is 1.28. The van der Waals surface area contributed by atoms with Gasteiger partial charge in [0.15, 0.2) is 0 Å². The first kappa shape index (κ1) is 22.9. The van der Waals surface area contributed by atoms with Crippen LogP contribution in [0.5, 0.6) is 5.75 Å². The Bertz CT molecular complexity index is 969. The molecule has 2 aromatic carbocycles. The molecule has 0 saturated carbocycles. The molecule has 170 valence electrons. The molecule has 3 atom stereocenters. The van der Waals surface area contributed by atoms with E-state index in [-0.39, 0.29) is 18.5 Å². The molecule has 2 aromatic rings. The molecule has 2 amide bonds. The molecule has 8 heteroatoms. The van der Waals surface area contributed by atoms with Gasteiger partial charge in [-0.2, -0.15) is 0 Å². The maximum Gasteiger partial charge on any atom is 0.255 e. The fourth-order valence-electron chi connectivity index (χ4n) is 4.84. The number of fused-ring (bicyclic) bond motifs is 2. The zero-order chi connectivity index (χ0) is 22.7. The summed E-state index contributed by atoms with van der Waals surface area (Å²) in [7, 11) is 1.49. The average molecular weight is 476 g/mol. The van der Waals surface area contributed by atoms with Crippen LogP contribution in [0.3, 0.4) is 0 Å². The second-order valence-electron chi connectivity index (χ2n) is 8.45. The van der Waals surface area contributed by atoms with Gasteiger partial charge >= 0.3 is 0 Å². The van der Waals surface area contributed by atoms with Crippen LogP contribution in [0.1, 0.15) is 41.6 Å². The second kappa shape index (κ2) is 10.1. The first-order valence-corrected chi connectivity index (χ1v) is 11.6. The number of benzene rings is 2. The van der Waals surface area contributed by atoms with Gasteiger partial charge in [0.05, 0.1) is 19.2 Å². The largest absolute Gasteiger partial charge is 0.496 e. The monoisotopic (exact) mass is 475 g/mol. The van der Waals surface area contributed by atoms with E-state index in [2.05, 4.69) is 27.7 Å². The first-order chi connectivity index (χ1) is 15.4. The van der Waals surface area contributed by atoms with Crippen molar-refractivity contribution < 1.29 is 14.3 Å². The van der Waals surface area contributed by atoms with Crippen LogP contribution in [-0.4, -0.2) is 48.5 Å². The van der Waals surface area contributed by atoms with Crippen molar-refractivity contribution in [3.8, 4) is 5.75 Å². The molecule has 2 saturated heterocycles. The Labute approximate surface area is 198 Å². The summed E-state index contributed by atoms with van der Waals surface area (Å²) in [6.45, 7) is 0.819. The molecule has 2 bridgehead atoms. The van der Waals surface area contributed by atoms with Crippen LogP contribution in [-0.2, 0) is 11.3 Å². The van der Waals surface area contributed by atoms with Gasteiger partial charge in [-0.3, -0.25) is 14.5 Å². The number of carbonyl (C=O) groups is 2. The third-order valence-electron chi connectivity index (χ3n) is 6.34. The maximum atomic E-state index is 12.5. The predicted octanol–water partition coefficient (Wildman–Crippen LogP) is 4.04. The molecule has 6 nitrogen and oxygen atoms in total. The number of piperidine rings is 1. The number of ether oxygens (including phenoxy) is 1. The highest BCUT2D eigenvalue weighted by Crippen LogP contribution is 2.37. The van der Waals surface area contributed by atoms with Crippen molar-refractivity contribution in [2.45, 2.75) is 50.4 Å². The van der Waals surface area contributed by atoms with E-state index in [0.29, 0.717) is 28.4 Å². The third kappa shape index (κ3) is 5.37. The lowest BCUT2D eigenvalue weighted by Gasteiger charge is -2.39. The molecule has 32 heavy (non-hydrogen) atoms. The van der Waals surface area contributed by atoms with Crippen molar-refractivity contribution in [3.05, 3.63) is 63.6 Å². The van der Waals surface area contributed by atoms with Crippen LogP contribution >= 0.6 is 23.2 Å². The highest BCUT2D eigenvalue weighted by molar-refractivity contribution is 6.31. The number of nitrogens with zero attached hydrogens (tertiary/aromatic N) is 1. The van der Waals surface area contributed by atoms with Crippen LogP contribution in [0, 0.1) is 0 Å². The van der Waals surface area contributed by atoms with Crippen molar-refractivity contribution in [2.75, 3.05) is 13.7 Å². The minimum absolute atomic E-state index is 0.0885. The Morgan fingerprint density at radius 1 is 1.03 bits per heavy atom. The number of halogens is 2. The Kier molecular flexibility index (Phi) is 7.23. The van der Waals surface area contributed by atoms with Crippen molar-refractivity contribution in [2.24, 2.45) is 0 Å². The molecule has 2 aliphatic heterocycles. The van der Waals surface area contributed by atoms with Gasteiger partial charge in [0, 0.05) is 34.7 Å². The Morgan fingerprint density at radius 3 is 2.34 bits per heavy atom. The second-order valence-corrected chi connectivity index (χ2v) is 9.32. The summed E-state index contributed by atoms with van der Waals surface area (Å²) < 4.78 is 5.21. The highest BCUT2D eigenvalue weighted by atomic mass is 35.5. The van der Waals surface area contributed by atoms with E-state index in [1.54, 1.807) is 12.1 Å². The van der Waals surface area contributed by atoms with E-state index in [9.17, 15) is 9.59 Å². The summed E-state index contributed by atoms with van der Waals surface area (Å²) in [5, 5.41) is 6.95. The lowest BCUT2D eigenvalue weighted by molar-refractivity contribution is -0.121. The summed E-state index contributed by atoms with van der Waals surface area (Å²) in [6.07, 6.45) is 4.14. The van der Waals surface area contributed by atoms with Crippen LogP contribution in [0.15, 0.2) is 42.5 Å². The average Bonchev–Trinajstić information content (AvgIpc) is 3.01. The number of hydrogen-bond acceptors (Lipinski definition) is 4. The van der Waals surface area contributed by atoms with E-state index in [4.69, 9.17) is 27.9 Å². The van der Waals surface area contributed by atoms with Gasteiger partial charge in [0.25, 0.3) is 5.91 Å². The Hall–Kier alpha value is -2.28. The predicted molar refractivity (Wildman–Crippen MR) is 125 cm³/mol. The van der Waals surface area contributed by atoms with E-state index in [0.717, 1.165) is 37.3 Å². The standard InChI is InChI=1S/C24H27Cl2N3O3/c1-32-22-9-6-17(26)10-21(22)24(31)27-13-23(30)28-18-11-19-7-8-20(12-18)29(19)14-15-2-4-16(25)5-3-15/h2-6,9-10,18-20H,7-8,11-14H2,1H3,(H,27,31)(H,28,30)/t18?,19-,20+. The van der Waals surface area contributed by atoms with Crippen LogP contribution in [0.25, 0.3) is 0 Å². The molecule has 1 unspecified atom stereocenters. The van der Waals surface area contributed by atoms with Crippen LogP contribution in [0.4, 0.5) is 0 Å². The fraction of sp³-hybridized carbons (Fsp3) is 0.417. The summed E-state index contributed by atoms with van der Waals surface area (Å²) in [4.78, 5) is 27.5. The van der Waals surface area contributed by atoms with Crippen molar-refractivity contribution in [1.82, 2.24) is 15.5 Å². The van der Waals surface area contributed by atoms with Gasteiger partial charge in [0.2, 0.25) is 5.91 Å². The summed E-state index contributed by atoms with van der Waals surface area (Å²) in [6, 6.07) is 13.9. The molecule has 0 aliphatic carbocycles. The number of rotatable bonds is 7. The van der Waals surface area contributed by atoms with Crippen molar-refractivity contribution in [1.29, 1.82) is 0 Å². The fourth-order valence-corrected chi connectivity index (χ4v) is 5.14. The topological polar surface area (TPSA) is 70.7 Å². The van der Waals surface area contributed by atoms with Crippen molar-refractivity contribution >= 4 is 35.0 Å². The maximum absolute atomic E-state index is 12.5. The van der Waals surface area contributed by atoms with E-state index in [1.807, 2.05) is 12.1 Å². The molecule has 2 aliphatic rings. The van der Waals surface area contributed by atoms with Crippen LogP contribution < -0.4 is 15.4 Å². The summed E-state index contributed by atoms with van der Waals surface area (Å²) in [5.74, 6) is -0.163. The van der Waals surface area contributed by atoms with Gasteiger partial charge < -0.3 is 15.4 Å². The third-order valence-corrected chi connectivity index (χ3v) is 6.83. The summed E-state index contributed by atoms with van der Waals surface area (Å²) in [5.41, 5.74) is 1.56. The van der Waals surface area contributed by atoms with Gasteiger partial charge in [-0.05, 0) is 61.6 Å². The normalized spacial score (nSPS) is 22.4. The number of nitrogens with one attached hydrogen (secondary N) is 2. The lowest BCUT2D eigenvalue weighted by atomic mass is 9.96. The molecule has 0 spiro atoms. The minimum atomic E-state index is -0.391. The number of carbonyl (C=O) groups excluding carboxylic acids is 2. The molecular formula is C24H27Cl2N3O3. The Morgan fingerprint density at radius 2 is 1.69 bits per heavy atom. The van der Waals surface area contributed by atoms with Gasteiger partial charge in [-0.15, -0.1) is 0 Å². The van der Waals surface area contributed by atoms with E-state index in [1.165, 1.54) is 18.7 Å². The number of hydrogen-bond donors (Lipinski definition) is 2. The zero-order valence-electron chi connectivity index (χ0n) is 17.9. The highest BCUT2D eigenvalue weighted by Gasteiger charge is 2.40. The first-order valence-electron chi connectivity index (χ1n) is 10.8. The lowest BCUT2D eigenvalue weighted by Crippen LogP contribution is -2.51.